The van der Waals surface area contributed by atoms with Crippen molar-refractivity contribution < 1.29 is 14.3 Å². The third kappa shape index (κ3) is 5.27. The zero-order valence-corrected chi connectivity index (χ0v) is 20.6. The van der Waals surface area contributed by atoms with Crippen molar-refractivity contribution in [2.24, 2.45) is 0 Å². The molecule has 174 valence electrons. The summed E-state index contributed by atoms with van der Waals surface area (Å²) in [7, 11) is 0. The molecule has 0 aromatic carbocycles. The van der Waals surface area contributed by atoms with Crippen molar-refractivity contribution in [2.75, 3.05) is 11.1 Å². The molecule has 1 N–H and O–H groups in total. The maximum absolute atomic E-state index is 12.8. The summed E-state index contributed by atoms with van der Waals surface area (Å²) < 4.78 is 7.45. The molecule has 0 fully saturated rings. The first-order valence-corrected chi connectivity index (χ1v) is 12.9. The van der Waals surface area contributed by atoms with Gasteiger partial charge in [0.15, 0.2) is 11.0 Å². The van der Waals surface area contributed by atoms with E-state index >= 15 is 0 Å². The van der Waals surface area contributed by atoms with Crippen LogP contribution in [0.4, 0.5) is 5.00 Å². The van der Waals surface area contributed by atoms with Gasteiger partial charge in [-0.3, -0.25) is 9.78 Å². The van der Waals surface area contributed by atoms with Crippen LogP contribution in [-0.2, 0) is 28.9 Å². The fourth-order valence-corrected chi connectivity index (χ4v) is 5.93. The van der Waals surface area contributed by atoms with Crippen molar-refractivity contribution in [3.63, 3.8) is 0 Å². The number of rotatable bonds is 8. The molecule has 33 heavy (non-hydrogen) atoms. The minimum atomic E-state index is -0.361. The van der Waals surface area contributed by atoms with Crippen molar-refractivity contribution in [1.82, 2.24) is 19.7 Å². The van der Waals surface area contributed by atoms with Crippen LogP contribution in [0.5, 0.6) is 0 Å². The van der Waals surface area contributed by atoms with Crippen LogP contribution in [0.2, 0.25) is 0 Å². The second-order valence-corrected chi connectivity index (χ2v) is 10.0. The third-order valence-electron chi connectivity index (χ3n) is 5.28. The number of hydrogen-bond donors (Lipinski definition) is 1. The van der Waals surface area contributed by atoms with Gasteiger partial charge in [0.1, 0.15) is 5.00 Å². The monoisotopic (exact) mass is 485 g/mol. The second kappa shape index (κ2) is 10.5. The van der Waals surface area contributed by atoms with Crippen molar-refractivity contribution in [2.45, 2.75) is 64.3 Å². The first-order valence-electron chi connectivity index (χ1n) is 11.1. The van der Waals surface area contributed by atoms with Crippen molar-refractivity contribution >= 4 is 40.0 Å². The van der Waals surface area contributed by atoms with Gasteiger partial charge in [-0.15, -0.1) is 21.5 Å². The van der Waals surface area contributed by atoms with E-state index in [2.05, 4.69) is 20.5 Å². The number of carbonyl (C=O) groups excluding carboxylic acids is 2. The lowest BCUT2D eigenvalue weighted by molar-refractivity contribution is -0.113. The lowest BCUT2D eigenvalue weighted by atomic mass is 9.95. The normalized spacial score (nSPS) is 13.1. The molecule has 3 heterocycles. The molecule has 0 atom stereocenters. The molecule has 0 radical (unpaired) electrons. The second-order valence-electron chi connectivity index (χ2n) is 7.99. The van der Waals surface area contributed by atoms with Gasteiger partial charge in [0.25, 0.3) is 0 Å². The lowest BCUT2D eigenvalue weighted by Gasteiger charge is -2.14. The number of aryl methyl sites for hydroxylation is 1. The molecule has 0 aliphatic heterocycles. The highest BCUT2D eigenvalue weighted by atomic mass is 32.2. The Morgan fingerprint density at radius 3 is 2.70 bits per heavy atom. The smallest absolute Gasteiger partial charge is 0.341 e. The van der Waals surface area contributed by atoms with Crippen LogP contribution in [0.25, 0.3) is 11.4 Å². The molecule has 3 aromatic heterocycles. The number of thiophene rings is 1. The lowest BCUT2D eigenvalue weighted by Crippen LogP contribution is -2.19. The Kier molecular flexibility index (Phi) is 7.44. The number of carbonyl (C=O) groups is 2. The number of nitrogens with one attached hydrogen (secondary N) is 1. The van der Waals surface area contributed by atoms with Crippen LogP contribution < -0.4 is 5.32 Å². The van der Waals surface area contributed by atoms with Crippen LogP contribution in [0.15, 0.2) is 29.7 Å². The fraction of sp³-hybridized carbons (Fsp3) is 0.435. The van der Waals surface area contributed by atoms with E-state index in [1.165, 1.54) is 28.0 Å². The number of anilines is 1. The zero-order valence-electron chi connectivity index (χ0n) is 19.0. The fourth-order valence-electron chi connectivity index (χ4n) is 3.83. The Labute approximate surface area is 201 Å². The quantitative estimate of drug-likeness (QED) is 0.368. The summed E-state index contributed by atoms with van der Waals surface area (Å²) in [5.74, 6) is 0.358. The van der Waals surface area contributed by atoms with Crippen molar-refractivity contribution in [3.05, 3.63) is 40.5 Å². The molecule has 1 aliphatic carbocycles. The predicted octanol–water partition coefficient (Wildman–Crippen LogP) is 4.60. The molecule has 1 amide bonds. The Morgan fingerprint density at radius 2 is 1.97 bits per heavy atom. The van der Waals surface area contributed by atoms with E-state index in [0.717, 1.165) is 42.6 Å². The van der Waals surface area contributed by atoms with Crippen LogP contribution in [0.3, 0.4) is 0 Å². The first kappa shape index (κ1) is 23.4. The largest absolute Gasteiger partial charge is 0.459 e. The molecule has 8 nitrogen and oxygen atoms in total. The van der Waals surface area contributed by atoms with E-state index in [-0.39, 0.29) is 23.7 Å². The topological polar surface area (TPSA) is 99.0 Å². The molecule has 4 rings (SSSR count). The Hall–Kier alpha value is -2.72. The number of fused-ring (bicyclic) bond motifs is 1. The molecule has 0 spiro atoms. The molecule has 10 heteroatoms. The number of amides is 1. The number of thioether (sulfide) groups is 1. The van der Waals surface area contributed by atoms with Gasteiger partial charge in [-0.2, -0.15) is 0 Å². The predicted molar refractivity (Wildman–Crippen MR) is 130 cm³/mol. The van der Waals surface area contributed by atoms with Gasteiger partial charge in [0, 0.05) is 29.4 Å². The summed E-state index contributed by atoms with van der Waals surface area (Å²) in [6, 6.07) is 3.77. The summed E-state index contributed by atoms with van der Waals surface area (Å²) in [6.45, 7) is 6.35. The van der Waals surface area contributed by atoms with Gasteiger partial charge in [-0.05, 0) is 64.2 Å². The highest BCUT2D eigenvalue weighted by Crippen LogP contribution is 2.39. The third-order valence-corrected chi connectivity index (χ3v) is 7.45. The van der Waals surface area contributed by atoms with Crippen molar-refractivity contribution in [1.29, 1.82) is 0 Å². The van der Waals surface area contributed by atoms with Gasteiger partial charge in [0.05, 0.1) is 17.4 Å². The number of hydrogen-bond acceptors (Lipinski definition) is 8. The number of nitrogens with zero attached hydrogens (tertiary/aromatic N) is 4. The molecule has 0 bridgehead atoms. The average Bonchev–Trinajstić information content (AvgIpc) is 3.38. The first-order chi connectivity index (χ1) is 16.0. The highest BCUT2D eigenvalue weighted by Gasteiger charge is 2.28. The molecule has 0 unspecified atom stereocenters. The van der Waals surface area contributed by atoms with E-state index < -0.39 is 0 Å². The van der Waals surface area contributed by atoms with E-state index in [9.17, 15) is 9.59 Å². The molecular weight excluding hydrogens is 458 g/mol. The number of esters is 1. The van der Waals surface area contributed by atoms with E-state index in [0.29, 0.717) is 22.3 Å². The van der Waals surface area contributed by atoms with Gasteiger partial charge in [-0.25, -0.2) is 4.79 Å². The minimum absolute atomic E-state index is 0.162. The van der Waals surface area contributed by atoms with Gasteiger partial charge >= 0.3 is 5.97 Å². The summed E-state index contributed by atoms with van der Waals surface area (Å²) >= 11 is 2.82. The maximum Gasteiger partial charge on any atom is 0.341 e. The number of pyridine rings is 1. The van der Waals surface area contributed by atoms with E-state index in [4.69, 9.17) is 4.74 Å². The van der Waals surface area contributed by atoms with E-state index in [1.54, 1.807) is 12.4 Å². The Morgan fingerprint density at radius 1 is 1.21 bits per heavy atom. The molecule has 0 saturated heterocycles. The van der Waals surface area contributed by atoms with Crippen LogP contribution in [-0.4, -0.2) is 43.5 Å². The number of aromatic nitrogens is 4. The van der Waals surface area contributed by atoms with Crippen LogP contribution >= 0.6 is 23.1 Å². The minimum Gasteiger partial charge on any atom is -0.459 e. The Bertz CT molecular complexity index is 1140. The SMILES string of the molecule is CCn1c(SCC(=O)Nc2sc3c(c2C(=O)OC(C)C)CCCC3)nnc1-c1ccncc1. The standard InChI is InChI=1S/C23H27N5O3S2/c1-4-28-20(15-9-11-24-12-10-15)26-27-23(28)32-13-18(29)25-21-19(22(30)31-14(2)3)16-7-5-6-8-17(16)33-21/h9-12,14H,4-8,13H2,1-3H3,(H,25,29). The molecule has 1 aliphatic rings. The van der Waals surface area contributed by atoms with E-state index in [1.807, 2.05) is 37.5 Å². The summed E-state index contributed by atoms with van der Waals surface area (Å²) in [6.07, 6.45) is 7.13. The van der Waals surface area contributed by atoms with Gasteiger partial charge in [-0.1, -0.05) is 11.8 Å². The molecule has 0 saturated carbocycles. The number of ether oxygens (including phenoxy) is 1. The van der Waals surface area contributed by atoms with Gasteiger partial charge in [0.2, 0.25) is 5.91 Å². The molecule has 3 aromatic rings. The zero-order chi connectivity index (χ0) is 23.4. The van der Waals surface area contributed by atoms with Crippen LogP contribution in [0.1, 0.15) is 54.4 Å². The van der Waals surface area contributed by atoms with Gasteiger partial charge < -0.3 is 14.6 Å². The van der Waals surface area contributed by atoms with Crippen molar-refractivity contribution in [3.8, 4) is 11.4 Å². The summed E-state index contributed by atoms with van der Waals surface area (Å²) in [5.41, 5.74) is 2.49. The maximum atomic E-state index is 12.8. The van der Waals surface area contributed by atoms with Crippen LogP contribution in [0, 0.1) is 0 Å². The summed E-state index contributed by atoms with van der Waals surface area (Å²) in [4.78, 5) is 30.8. The Balaban J connectivity index is 1.48. The average molecular weight is 486 g/mol. The molecular formula is C23H27N5O3S2. The summed E-state index contributed by atoms with van der Waals surface area (Å²) in [5, 5.41) is 12.8. The highest BCUT2D eigenvalue weighted by molar-refractivity contribution is 7.99.